The molecular formula is C35H51N5O3. The average Bonchev–Trinajstić information content (AvgIpc) is 3.56. The number of hydrogen-bond acceptors (Lipinski definition) is 6. The third-order valence-corrected chi connectivity index (χ3v) is 8.70. The molecular weight excluding hydrogens is 538 g/mol. The van der Waals surface area contributed by atoms with Crippen LogP contribution in [-0.4, -0.2) is 45.3 Å². The monoisotopic (exact) mass is 589 g/mol. The summed E-state index contributed by atoms with van der Waals surface area (Å²) in [6, 6.07) is 13.5. The lowest BCUT2D eigenvalue weighted by molar-refractivity contribution is -0.130. The normalized spacial score (nSPS) is 23.5. The quantitative estimate of drug-likeness (QED) is 0.393. The zero-order chi connectivity index (χ0) is 32.4. The fourth-order valence-corrected chi connectivity index (χ4v) is 6.01. The number of carbonyl (C=O) groups excluding carboxylic acids is 2. The van der Waals surface area contributed by atoms with Crippen molar-refractivity contribution in [3.05, 3.63) is 60.4 Å². The summed E-state index contributed by atoms with van der Waals surface area (Å²) in [6.45, 7) is 16.8. The molecule has 2 unspecified atom stereocenters. The van der Waals surface area contributed by atoms with E-state index in [2.05, 4.69) is 37.0 Å². The largest absolute Gasteiger partial charge is 0.487 e. The molecule has 2 amide bonds. The molecule has 0 bridgehead atoms. The van der Waals surface area contributed by atoms with E-state index in [0.717, 1.165) is 24.2 Å². The first-order valence-electron chi connectivity index (χ1n) is 15.4. The van der Waals surface area contributed by atoms with Crippen molar-refractivity contribution in [2.75, 3.05) is 6.54 Å². The van der Waals surface area contributed by atoms with Crippen LogP contribution in [0.2, 0.25) is 0 Å². The molecule has 3 N–H and O–H groups in total. The molecule has 43 heavy (non-hydrogen) atoms. The molecule has 3 aliphatic rings. The van der Waals surface area contributed by atoms with E-state index in [9.17, 15) is 9.59 Å². The van der Waals surface area contributed by atoms with E-state index < -0.39 is 5.54 Å². The van der Waals surface area contributed by atoms with Crippen molar-refractivity contribution in [3.8, 4) is 18.6 Å². The molecule has 0 saturated heterocycles. The number of rotatable bonds is 6. The number of aliphatic imine (C=N–C) groups is 1. The van der Waals surface area contributed by atoms with Gasteiger partial charge in [-0.05, 0) is 56.2 Å². The van der Waals surface area contributed by atoms with Crippen LogP contribution in [0, 0.1) is 30.1 Å². The molecule has 234 valence electrons. The van der Waals surface area contributed by atoms with Gasteiger partial charge in [-0.2, -0.15) is 0 Å². The number of para-hydroxylation sites is 1. The van der Waals surface area contributed by atoms with Gasteiger partial charge in [0.1, 0.15) is 11.4 Å². The molecule has 3 atom stereocenters. The molecule has 0 radical (unpaired) electrons. The highest BCUT2D eigenvalue weighted by Gasteiger charge is 2.62. The molecule has 1 aromatic carbocycles. The molecule has 1 aromatic heterocycles. The van der Waals surface area contributed by atoms with E-state index in [1.807, 2.05) is 84.0 Å². The summed E-state index contributed by atoms with van der Waals surface area (Å²) in [6.07, 6.45) is 14.1. The summed E-state index contributed by atoms with van der Waals surface area (Å²) in [7, 11) is 0. The molecule has 3 heterocycles. The smallest absolute Gasteiger partial charge is 0.231 e. The van der Waals surface area contributed by atoms with Crippen LogP contribution in [0.15, 0.2) is 59.9 Å². The van der Waals surface area contributed by atoms with Crippen LogP contribution in [0.5, 0.6) is 5.75 Å². The van der Waals surface area contributed by atoms with Gasteiger partial charge in [0.15, 0.2) is 5.96 Å². The maximum absolute atomic E-state index is 13.4. The minimum absolute atomic E-state index is 0.00756. The third-order valence-electron chi connectivity index (χ3n) is 8.70. The Kier molecular flexibility index (Phi) is 12.4. The number of pyridine rings is 1. The highest BCUT2D eigenvalue weighted by Crippen LogP contribution is 2.59. The zero-order valence-electron chi connectivity index (χ0n) is 27.3. The van der Waals surface area contributed by atoms with Gasteiger partial charge in [-0.1, -0.05) is 65.8 Å². The molecule has 0 spiro atoms. The number of terminal acetylenes is 1. The second-order valence-corrected chi connectivity index (χ2v) is 12.2. The van der Waals surface area contributed by atoms with E-state index in [1.54, 1.807) is 17.3 Å². The first-order valence-corrected chi connectivity index (χ1v) is 15.4. The Labute approximate surface area is 258 Å². The number of nitrogens with zero attached hydrogens (tertiary/aromatic N) is 3. The van der Waals surface area contributed by atoms with Crippen LogP contribution in [0.4, 0.5) is 0 Å². The van der Waals surface area contributed by atoms with Crippen LogP contribution < -0.4 is 15.8 Å². The third kappa shape index (κ3) is 8.37. The van der Waals surface area contributed by atoms with Gasteiger partial charge in [0.25, 0.3) is 0 Å². The zero-order valence-corrected chi connectivity index (χ0v) is 27.3. The first kappa shape index (κ1) is 35.3. The molecule has 1 fully saturated rings. The predicted octanol–water partition coefficient (Wildman–Crippen LogP) is 6.14. The van der Waals surface area contributed by atoms with Crippen LogP contribution in [0.25, 0.3) is 0 Å². The summed E-state index contributed by atoms with van der Waals surface area (Å²) in [5.41, 5.74) is 6.30. The number of amides is 2. The number of guanidine groups is 1. The Hall–Kier alpha value is -3.86. The number of hydrogen-bond donors (Lipinski definition) is 2. The molecule has 5 rings (SSSR count). The van der Waals surface area contributed by atoms with Gasteiger partial charge >= 0.3 is 0 Å². The van der Waals surface area contributed by atoms with Crippen molar-refractivity contribution >= 4 is 17.8 Å². The van der Waals surface area contributed by atoms with Crippen molar-refractivity contribution < 1.29 is 14.3 Å². The number of benzene rings is 1. The van der Waals surface area contributed by atoms with Crippen molar-refractivity contribution in [2.24, 2.45) is 28.0 Å². The van der Waals surface area contributed by atoms with Crippen LogP contribution in [0.3, 0.4) is 0 Å². The second-order valence-electron chi connectivity index (χ2n) is 12.2. The van der Waals surface area contributed by atoms with Gasteiger partial charge in [0, 0.05) is 36.8 Å². The Balaban J connectivity index is 0.000000559. The summed E-state index contributed by atoms with van der Waals surface area (Å²) in [5.74, 6) is 1.00. The predicted molar refractivity (Wildman–Crippen MR) is 174 cm³/mol. The number of carbonyl (C=O) groups is 2. The lowest BCUT2D eigenvalue weighted by atomic mass is 9.88. The molecule has 2 aliphatic heterocycles. The lowest BCUT2D eigenvalue weighted by Gasteiger charge is -2.38. The Morgan fingerprint density at radius 1 is 1.05 bits per heavy atom. The van der Waals surface area contributed by atoms with Gasteiger partial charge < -0.3 is 15.8 Å². The Morgan fingerprint density at radius 2 is 1.65 bits per heavy atom. The van der Waals surface area contributed by atoms with E-state index in [0.29, 0.717) is 19.4 Å². The minimum Gasteiger partial charge on any atom is -0.487 e. The van der Waals surface area contributed by atoms with Gasteiger partial charge in [-0.25, -0.2) is 4.99 Å². The van der Waals surface area contributed by atoms with Crippen molar-refractivity contribution in [3.63, 3.8) is 0 Å². The average molecular weight is 590 g/mol. The standard InChI is InChI=1S/C26H38N4O3.C5H5N.C2H6.C2H2/c1-7-26(8-2)14-20(31)30(23(27)29-26)15-17-21(25(17,5)6)22(32)28-18-13-24(3,4)33-19-12-10-9-11-16(18)19;1-2-4-6-5-3-1;2*1-2/h9-12,17-18,21H,7-8,13-15H2,1-6H3,(H2,27,29)(H,28,32);1-5H;1-2H3;1-2H/t17?,18-,21?;;;/m0.../s1. The highest BCUT2D eigenvalue weighted by molar-refractivity contribution is 5.99. The van der Waals surface area contributed by atoms with E-state index in [-0.39, 0.29) is 46.7 Å². The SMILES string of the molecule is C#C.CC.CCC1(CC)CC(=O)N(CC2C(C(=O)N[C@H]3CC(C)(C)Oc4ccccc43)C2(C)C)C(N)=N1.c1ccncc1. The minimum atomic E-state index is -0.392. The van der Waals surface area contributed by atoms with E-state index >= 15 is 0 Å². The van der Waals surface area contributed by atoms with Gasteiger partial charge in [0.2, 0.25) is 11.8 Å². The maximum atomic E-state index is 13.4. The van der Waals surface area contributed by atoms with Crippen molar-refractivity contribution in [1.82, 2.24) is 15.2 Å². The summed E-state index contributed by atoms with van der Waals surface area (Å²) in [5, 5.41) is 3.29. The van der Waals surface area contributed by atoms with Gasteiger partial charge in [-0.3, -0.25) is 19.5 Å². The molecule has 1 saturated carbocycles. The topological polar surface area (TPSA) is 110 Å². The van der Waals surface area contributed by atoms with E-state index in [4.69, 9.17) is 15.5 Å². The van der Waals surface area contributed by atoms with Crippen LogP contribution >= 0.6 is 0 Å². The molecule has 8 heteroatoms. The first-order chi connectivity index (χ1) is 20.4. The Morgan fingerprint density at radius 3 is 2.16 bits per heavy atom. The molecule has 1 aliphatic carbocycles. The summed E-state index contributed by atoms with van der Waals surface area (Å²) < 4.78 is 6.11. The summed E-state index contributed by atoms with van der Waals surface area (Å²) in [4.78, 5) is 36.4. The lowest BCUT2D eigenvalue weighted by Crippen LogP contribution is -2.52. The fourth-order valence-electron chi connectivity index (χ4n) is 6.01. The number of fused-ring (bicyclic) bond motifs is 1. The van der Waals surface area contributed by atoms with Crippen molar-refractivity contribution in [2.45, 2.75) is 98.3 Å². The second kappa shape index (κ2) is 15.0. The van der Waals surface area contributed by atoms with Crippen LogP contribution in [-0.2, 0) is 9.59 Å². The number of aromatic nitrogens is 1. The fraction of sp³-hybridized carbons (Fsp3) is 0.543. The number of nitrogens with one attached hydrogen (secondary N) is 1. The maximum Gasteiger partial charge on any atom is 0.231 e. The highest BCUT2D eigenvalue weighted by atomic mass is 16.5. The van der Waals surface area contributed by atoms with Crippen LogP contribution in [0.1, 0.15) is 92.7 Å². The Bertz CT molecular complexity index is 1220. The summed E-state index contributed by atoms with van der Waals surface area (Å²) >= 11 is 0. The number of nitrogens with two attached hydrogens (primary N) is 1. The molecule has 8 nitrogen and oxygen atoms in total. The van der Waals surface area contributed by atoms with E-state index in [1.165, 1.54) is 0 Å². The number of ether oxygens (including phenoxy) is 1. The molecule has 2 aromatic rings. The van der Waals surface area contributed by atoms with Gasteiger partial charge in [0.05, 0.1) is 18.0 Å². The van der Waals surface area contributed by atoms with Crippen molar-refractivity contribution in [1.29, 1.82) is 0 Å². The van der Waals surface area contributed by atoms with Gasteiger partial charge in [-0.15, -0.1) is 12.8 Å².